The maximum atomic E-state index is 14.4. The van der Waals surface area contributed by atoms with Gasteiger partial charge in [0.05, 0.1) is 17.9 Å². The Morgan fingerprint density at radius 1 is 1.07 bits per heavy atom. The molecule has 4 N–H and O–H groups in total. The van der Waals surface area contributed by atoms with Crippen molar-refractivity contribution in [2.75, 3.05) is 45.2 Å². The van der Waals surface area contributed by atoms with Crippen molar-refractivity contribution in [3.05, 3.63) is 83.1 Å². The van der Waals surface area contributed by atoms with E-state index in [4.69, 9.17) is 15.2 Å². The summed E-state index contributed by atoms with van der Waals surface area (Å²) in [7, 11) is 1.57. The second kappa shape index (κ2) is 16.6. The number of hydrogen-bond acceptors (Lipinski definition) is 7. The Kier molecular flexibility index (Phi) is 12.4. The van der Waals surface area contributed by atoms with Crippen LogP contribution in [0.15, 0.2) is 54.7 Å². The van der Waals surface area contributed by atoms with Gasteiger partial charge in [0.25, 0.3) is 11.8 Å². The highest BCUT2D eigenvalue weighted by Gasteiger charge is 2.28. The van der Waals surface area contributed by atoms with E-state index in [1.807, 2.05) is 13.0 Å². The van der Waals surface area contributed by atoms with Crippen molar-refractivity contribution in [2.24, 2.45) is 5.73 Å². The first-order chi connectivity index (χ1) is 22.2. The quantitative estimate of drug-likeness (QED) is 0.213. The van der Waals surface area contributed by atoms with Gasteiger partial charge >= 0.3 is 6.03 Å². The number of carbonyl (C=O) groups is 3. The molecule has 0 atom stereocenters. The van der Waals surface area contributed by atoms with Crippen LogP contribution >= 0.6 is 0 Å². The number of nitrogens with two attached hydrogens (primary N) is 1. The first-order valence-corrected chi connectivity index (χ1v) is 15.3. The summed E-state index contributed by atoms with van der Waals surface area (Å²) in [5.74, 6) is -2.31. The Bertz CT molecular complexity index is 1480. The summed E-state index contributed by atoms with van der Waals surface area (Å²) in [6, 6.07) is 11.4. The van der Waals surface area contributed by atoms with Crippen molar-refractivity contribution in [3.63, 3.8) is 0 Å². The third-order valence-corrected chi connectivity index (χ3v) is 7.71. The van der Waals surface area contributed by atoms with Gasteiger partial charge in [0, 0.05) is 69.8 Å². The molecule has 1 aromatic heterocycles. The zero-order valence-corrected chi connectivity index (χ0v) is 26.1. The average Bonchev–Trinajstić information content (AvgIpc) is 3.04. The van der Waals surface area contributed by atoms with Crippen molar-refractivity contribution < 1.29 is 32.6 Å². The average molecular weight is 639 g/mol. The van der Waals surface area contributed by atoms with Crippen LogP contribution in [0.25, 0.3) is 0 Å². The van der Waals surface area contributed by atoms with Crippen LogP contribution in [0.4, 0.5) is 19.3 Å². The zero-order chi connectivity index (χ0) is 33.1. The molecule has 4 rings (SSSR count). The molecule has 1 aliphatic heterocycles. The number of anilines is 1. The molecule has 1 saturated heterocycles. The number of primary amides is 1. The van der Waals surface area contributed by atoms with Crippen LogP contribution in [0, 0.1) is 11.6 Å². The summed E-state index contributed by atoms with van der Waals surface area (Å²) in [6.45, 7) is 5.51. The molecule has 0 saturated carbocycles. The van der Waals surface area contributed by atoms with Crippen LogP contribution in [-0.2, 0) is 11.3 Å². The van der Waals surface area contributed by atoms with Gasteiger partial charge in [-0.2, -0.15) is 0 Å². The molecule has 4 amide bonds. The zero-order valence-electron chi connectivity index (χ0n) is 26.1. The minimum atomic E-state index is -1.08. The van der Waals surface area contributed by atoms with Crippen LogP contribution < -0.4 is 21.1 Å². The maximum Gasteiger partial charge on any atom is 0.322 e. The summed E-state index contributed by atoms with van der Waals surface area (Å²) in [6.07, 6.45) is 4.82. The number of nitrogens with one attached hydrogen (secondary N) is 2. The van der Waals surface area contributed by atoms with Gasteiger partial charge in [-0.25, -0.2) is 18.6 Å². The van der Waals surface area contributed by atoms with E-state index in [0.717, 1.165) is 37.6 Å². The molecule has 2 aromatic carbocycles. The Labute approximate surface area is 267 Å². The van der Waals surface area contributed by atoms with Gasteiger partial charge in [-0.3, -0.25) is 14.5 Å². The Balaban J connectivity index is 1.29. The predicted octanol–water partition coefficient (Wildman–Crippen LogP) is 4.93. The first kappa shape index (κ1) is 34.3. The van der Waals surface area contributed by atoms with Crippen molar-refractivity contribution in [1.82, 2.24) is 20.1 Å². The molecule has 1 aliphatic rings. The molecule has 0 radical (unpaired) electrons. The fraction of sp³-hybridized carbons (Fsp3) is 0.394. The van der Waals surface area contributed by atoms with E-state index in [-0.39, 0.29) is 17.6 Å². The SMILES string of the molecule is CCCCN(C(=O)Nc1cc(C(N)=O)c(F)cc1F)C1CCN(Cc2ccc(Oc3ccc(C(=O)NCCOC)cc3)nc2)CC1. The van der Waals surface area contributed by atoms with Gasteiger partial charge in [-0.1, -0.05) is 19.4 Å². The van der Waals surface area contributed by atoms with E-state index in [2.05, 4.69) is 20.5 Å². The molecule has 1 fully saturated rings. The smallest absolute Gasteiger partial charge is 0.322 e. The topological polar surface area (TPSA) is 139 Å². The monoisotopic (exact) mass is 638 g/mol. The Morgan fingerprint density at radius 2 is 1.80 bits per heavy atom. The van der Waals surface area contributed by atoms with Gasteiger partial charge in [0.15, 0.2) is 0 Å². The molecule has 0 unspecified atom stereocenters. The number of urea groups is 1. The number of nitrogens with zero attached hydrogens (tertiary/aromatic N) is 3. The van der Waals surface area contributed by atoms with Crippen LogP contribution in [0.1, 0.15) is 58.9 Å². The Morgan fingerprint density at radius 3 is 2.43 bits per heavy atom. The lowest BCUT2D eigenvalue weighted by atomic mass is 10.0. The van der Waals surface area contributed by atoms with Crippen molar-refractivity contribution in [2.45, 2.75) is 45.2 Å². The fourth-order valence-corrected chi connectivity index (χ4v) is 5.17. The van der Waals surface area contributed by atoms with Crippen molar-refractivity contribution in [3.8, 4) is 11.6 Å². The third-order valence-electron chi connectivity index (χ3n) is 7.71. The predicted molar refractivity (Wildman–Crippen MR) is 169 cm³/mol. The number of rotatable bonds is 14. The largest absolute Gasteiger partial charge is 0.439 e. The lowest BCUT2D eigenvalue weighted by Gasteiger charge is -2.38. The molecule has 0 spiro atoms. The first-order valence-electron chi connectivity index (χ1n) is 15.3. The summed E-state index contributed by atoms with van der Waals surface area (Å²) in [4.78, 5) is 45.3. The van der Waals surface area contributed by atoms with E-state index >= 15 is 0 Å². The number of piperidine rings is 1. The number of halogens is 2. The van der Waals surface area contributed by atoms with E-state index < -0.39 is 29.1 Å². The molecule has 3 aromatic rings. The van der Waals surface area contributed by atoms with Crippen LogP contribution in [-0.4, -0.2) is 78.6 Å². The summed E-state index contributed by atoms with van der Waals surface area (Å²) < 4.78 is 39.1. The molecule has 13 heteroatoms. The van der Waals surface area contributed by atoms with Gasteiger partial charge in [-0.05, 0) is 55.2 Å². The summed E-state index contributed by atoms with van der Waals surface area (Å²) in [5.41, 5.74) is 5.93. The molecule has 0 aliphatic carbocycles. The molecule has 46 heavy (non-hydrogen) atoms. The highest BCUT2D eigenvalue weighted by atomic mass is 19.1. The second-order valence-electron chi connectivity index (χ2n) is 11.0. The van der Waals surface area contributed by atoms with E-state index in [9.17, 15) is 23.2 Å². The standard InChI is InChI=1S/C33H40F2N6O5/c1-3-4-14-41(33(44)39-29-18-26(31(36)42)27(34)19-28(29)35)24-11-15-40(16-12-24)21-22-5-10-30(38-20-22)46-25-8-6-23(7-9-25)32(43)37-13-17-45-2/h5-10,18-20,24H,3-4,11-17,21H2,1-2H3,(H2,36,42)(H,37,43)(H,39,44). The minimum Gasteiger partial charge on any atom is -0.439 e. The molecular formula is C33H40F2N6O5. The van der Waals surface area contributed by atoms with Gasteiger partial charge in [-0.15, -0.1) is 0 Å². The van der Waals surface area contributed by atoms with Crippen LogP contribution in [0.2, 0.25) is 0 Å². The van der Waals surface area contributed by atoms with Crippen LogP contribution in [0.3, 0.4) is 0 Å². The third kappa shape index (κ3) is 9.44. The number of pyridine rings is 1. The van der Waals surface area contributed by atoms with Gasteiger partial charge in [0.1, 0.15) is 17.4 Å². The summed E-state index contributed by atoms with van der Waals surface area (Å²) in [5, 5.41) is 5.28. The normalized spacial score (nSPS) is 13.7. The molecule has 0 bridgehead atoms. The minimum absolute atomic E-state index is 0.0707. The number of unbranched alkanes of at least 4 members (excludes halogenated alkanes) is 1. The van der Waals surface area contributed by atoms with Crippen LogP contribution in [0.5, 0.6) is 11.6 Å². The number of amides is 4. The van der Waals surface area contributed by atoms with E-state index in [1.54, 1.807) is 48.5 Å². The number of methoxy groups -OCH3 is 1. The number of aromatic nitrogens is 1. The molecule has 2 heterocycles. The van der Waals surface area contributed by atoms with Gasteiger partial charge in [0.2, 0.25) is 5.88 Å². The maximum absolute atomic E-state index is 14.4. The molecular weight excluding hydrogens is 598 g/mol. The Hall–Kier alpha value is -4.62. The van der Waals surface area contributed by atoms with Crippen molar-refractivity contribution >= 4 is 23.5 Å². The number of likely N-dealkylation sites (tertiary alicyclic amines) is 1. The number of ether oxygens (including phenoxy) is 2. The summed E-state index contributed by atoms with van der Waals surface area (Å²) >= 11 is 0. The molecule has 246 valence electrons. The second-order valence-corrected chi connectivity index (χ2v) is 11.0. The van der Waals surface area contributed by atoms with Gasteiger partial charge < -0.3 is 30.7 Å². The number of carbonyl (C=O) groups excluding carboxylic acids is 3. The molecule has 11 nitrogen and oxygen atoms in total. The lowest BCUT2D eigenvalue weighted by Crippen LogP contribution is -2.49. The number of benzene rings is 2. The highest BCUT2D eigenvalue weighted by molar-refractivity contribution is 5.96. The van der Waals surface area contributed by atoms with Crippen molar-refractivity contribution in [1.29, 1.82) is 0 Å². The highest BCUT2D eigenvalue weighted by Crippen LogP contribution is 2.24. The number of hydrogen-bond donors (Lipinski definition) is 3. The fourth-order valence-electron chi connectivity index (χ4n) is 5.17. The van der Waals surface area contributed by atoms with E-state index in [0.29, 0.717) is 62.3 Å². The van der Waals surface area contributed by atoms with E-state index in [1.165, 1.54) is 0 Å². The lowest BCUT2D eigenvalue weighted by molar-refractivity contribution is 0.0936.